The summed E-state index contributed by atoms with van der Waals surface area (Å²) in [6.07, 6.45) is 3.82. The smallest absolute Gasteiger partial charge is 0.138 e. The Morgan fingerprint density at radius 1 is 1.25 bits per heavy atom. The van der Waals surface area contributed by atoms with E-state index in [1.54, 1.807) is 0 Å². The lowest BCUT2D eigenvalue weighted by Crippen LogP contribution is -2.13. The second-order valence-electron chi connectivity index (χ2n) is 4.69. The van der Waals surface area contributed by atoms with Gasteiger partial charge in [-0.1, -0.05) is 27.7 Å². The van der Waals surface area contributed by atoms with Crippen molar-refractivity contribution in [1.29, 1.82) is 0 Å². The SMILES string of the molecule is CCNCc1cnc(CSC(C)(C)C)nc1. The summed E-state index contributed by atoms with van der Waals surface area (Å²) in [6.45, 7) is 10.5. The fraction of sp³-hybridized carbons (Fsp3) is 0.667. The molecule has 0 spiro atoms. The highest BCUT2D eigenvalue weighted by Gasteiger charge is 2.11. The van der Waals surface area contributed by atoms with Crippen LogP contribution in [0.4, 0.5) is 0 Å². The number of hydrogen-bond acceptors (Lipinski definition) is 4. The third-order valence-electron chi connectivity index (χ3n) is 1.97. The molecule has 16 heavy (non-hydrogen) atoms. The molecule has 1 aromatic rings. The third kappa shape index (κ3) is 5.47. The average Bonchev–Trinajstić information content (AvgIpc) is 2.24. The molecular formula is C12H21N3S. The first kappa shape index (κ1) is 13.5. The largest absolute Gasteiger partial charge is 0.313 e. The van der Waals surface area contributed by atoms with Crippen LogP contribution in [0.15, 0.2) is 12.4 Å². The number of nitrogens with zero attached hydrogens (tertiary/aromatic N) is 2. The number of aromatic nitrogens is 2. The van der Waals surface area contributed by atoms with E-state index in [4.69, 9.17) is 0 Å². The lowest BCUT2D eigenvalue weighted by atomic mass is 10.3. The maximum absolute atomic E-state index is 4.36. The summed E-state index contributed by atoms with van der Waals surface area (Å²) in [4.78, 5) is 8.73. The molecule has 0 amide bonds. The molecule has 0 fully saturated rings. The first-order chi connectivity index (χ1) is 7.51. The van der Waals surface area contributed by atoms with Crippen LogP contribution in [0.2, 0.25) is 0 Å². The molecule has 1 N–H and O–H groups in total. The second kappa shape index (κ2) is 6.21. The first-order valence-electron chi connectivity index (χ1n) is 5.66. The fourth-order valence-electron chi connectivity index (χ4n) is 1.10. The Morgan fingerprint density at radius 2 is 1.88 bits per heavy atom. The minimum Gasteiger partial charge on any atom is -0.313 e. The van der Waals surface area contributed by atoms with E-state index >= 15 is 0 Å². The van der Waals surface area contributed by atoms with Gasteiger partial charge in [0.1, 0.15) is 5.82 Å². The number of rotatable bonds is 5. The van der Waals surface area contributed by atoms with Crippen LogP contribution in [0.5, 0.6) is 0 Å². The van der Waals surface area contributed by atoms with Gasteiger partial charge in [-0.2, -0.15) is 0 Å². The Kier molecular flexibility index (Phi) is 5.22. The molecule has 0 aromatic carbocycles. The molecule has 1 aromatic heterocycles. The van der Waals surface area contributed by atoms with Crippen molar-refractivity contribution < 1.29 is 0 Å². The molecule has 0 aliphatic carbocycles. The van der Waals surface area contributed by atoms with Gasteiger partial charge < -0.3 is 5.32 Å². The van der Waals surface area contributed by atoms with E-state index in [1.165, 1.54) is 0 Å². The standard InChI is InChI=1S/C12H21N3S/c1-5-13-6-10-7-14-11(15-8-10)9-16-12(2,3)4/h7-8,13H,5-6,9H2,1-4H3. The van der Waals surface area contributed by atoms with Gasteiger partial charge in [0, 0.05) is 29.2 Å². The summed E-state index contributed by atoms with van der Waals surface area (Å²) in [5.41, 5.74) is 1.14. The average molecular weight is 239 g/mol. The minimum atomic E-state index is 0.270. The van der Waals surface area contributed by atoms with Crippen molar-refractivity contribution in [2.24, 2.45) is 0 Å². The molecular weight excluding hydrogens is 218 g/mol. The van der Waals surface area contributed by atoms with E-state index in [1.807, 2.05) is 24.2 Å². The van der Waals surface area contributed by atoms with Crippen molar-refractivity contribution in [3.05, 3.63) is 23.8 Å². The predicted molar refractivity (Wildman–Crippen MR) is 70.5 cm³/mol. The summed E-state index contributed by atoms with van der Waals surface area (Å²) < 4.78 is 0.270. The molecule has 1 rings (SSSR count). The van der Waals surface area contributed by atoms with Gasteiger partial charge in [-0.05, 0) is 6.54 Å². The lowest BCUT2D eigenvalue weighted by Gasteiger charge is -2.16. The number of hydrogen-bond donors (Lipinski definition) is 1. The highest BCUT2D eigenvalue weighted by atomic mass is 32.2. The minimum absolute atomic E-state index is 0.270. The molecule has 0 unspecified atom stereocenters. The van der Waals surface area contributed by atoms with Crippen molar-refractivity contribution in [2.45, 2.75) is 44.7 Å². The summed E-state index contributed by atoms with van der Waals surface area (Å²) in [5.74, 6) is 1.80. The topological polar surface area (TPSA) is 37.8 Å². The first-order valence-corrected chi connectivity index (χ1v) is 6.64. The van der Waals surface area contributed by atoms with Crippen LogP contribution < -0.4 is 5.32 Å². The molecule has 3 nitrogen and oxygen atoms in total. The van der Waals surface area contributed by atoms with Crippen LogP contribution in [-0.4, -0.2) is 21.3 Å². The normalized spacial score (nSPS) is 11.8. The monoisotopic (exact) mass is 239 g/mol. The Labute approximate surface area is 102 Å². The highest BCUT2D eigenvalue weighted by Crippen LogP contribution is 2.25. The zero-order valence-corrected chi connectivity index (χ0v) is 11.4. The van der Waals surface area contributed by atoms with Crippen molar-refractivity contribution in [2.75, 3.05) is 6.54 Å². The van der Waals surface area contributed by atoms with Crippen LogP contribution in [0.1, 0.15) is 39.1 Å². The Morgan fingerprint density at radius 3 is 2.38 bits per heavy atom. The van der Waals surface area contributed by atoms with Crippen LogP contribution in [0.25, 0.3) is 0 Å². The fourth-order valence-corrected chi connectivity index (χ4v) is 1.81. The van der Waals surface area contributed by atoms with Gasteiger partial charge in [-0.25, -0.2) is 9.97 Å². The summed E-state index contributed by atoms with van der Waals surface area (Å²) in [5, 5.41) is 3.26. The predicted octanol–water partition coefficient (Wildman–Crippen LogP) is 2.62. The van der Waals surface area contributed by atoms with E-state index in [0.29, 0.717) is 0 Å². The molecule has 90 valence electrons. The van der Waals surface area contributed by atoms with Gasteiger partial charge >= 0.3 is 0 Å². The second-order valence-corrected chi connectivity index (χ2v) is 6.49. The number of thioether (sulfide) groups is 1. The maximum Gasteiger partial charge on any atom is 0.138 e. The molecule has 0 atom stereocenters. The highest BCUT2D eigenvalue weighted by molar-refractivity contribution is 7.99. The summed E-state index contributed by atoms with van der Waals surface area (Å²) in [7, 11) is 0. The van der Waals surface area contributed by atoms with Crippen molar-refractivity contribution in [1.82, 2.24) is 15.3 Å². The molecule has 1 heterocycles. The summed E-state index contributed by atoms with van der Waals surface area (Å²) in [6, 6.07) is 0. The van der Waals surface area contributed by atoms with Crippen molar-refractivity contribution >= 4 is 11.8 Å². The van der Waals surface area contributed by atoms with Gasteiger partial charge in [0.15, 0.2) is 0 Å². The van der Waals surface area contributed by atoms with Gasteiger partial charge in [-0.15, -0.1) is 11.8 Å². The third-order valence-corrected chi connectivity index (χ3v) is 3.24. The molecule has 0 saturated carbocycles. The van der Waals surface area contributed by atoms with Gasteiger partial charge in [-0.3, -0.25) is 0 Å². The molecule has 0 saturated heterocycles. The van der Waals surface area contributed by atoms with E-state index in [9.17, 15) is 0 Å². The van der Waals surface area contributed by atoms with Crippen LogP contribution in [0.3, 0.4) is 0 Å². The molecule has 0 bridgehead atoms. The zero-order valence-electron chi connectivity index (χ0n) is 10.6. The van der Waals surface area contributed by atoms with Crippen LogP contribution in [0, 0.1) is 0 Å². The van der Waals surface area contributed by atoms with Gasteiger partial charge in [0.2, 0.25) is 0 Å². The van der Waals surface area contributed by atoms with E-state index in [-0.39, 0.29) is 4.75 Å². The zero-order chi connectivity index (χ0) is 12.0. The molecule has 4 heteroatoms. The van der Waals surface area contributed by atoms with Crippen LogP contribution in [-0.2, 0) is 12.3 Å². The van der Waals surface area contributed by atoms with Gasteiger partial charge in [0.05, 0.1) is 5.75 Å². The summed E-state index contributed by atoms with van der Waals surface area (Å²) >= 11 is 1.87. The Balaban J connectivity index is 2.45. The lowest BCUT2D eigenvalue weighted by molar-refractivity contribution is 0.719. The van der Waals surface area contributed by atoms with Crippen LogP contribution >= 0.6 is 11.8 Å². The molecule has 0 aliphatic heterocycles. The molecule has 0 aliphatic rings. The van der Waals surface area contributed by atoms with E-state index < -0.39 is 0 Å². The Bertz CT molecular complexity index is 303. The maximum atomic E-state index is 4.36. The Hall–Kier alpha value is -0.610. The van der Waals surface area contributed by atoms with Gasteiger partial charge in [0.25, 0.3) is 0 Å². The van der Waals surface area contributed by atoms with E-state index in [2.05, 4.69) is 43.0 Å². The van der Waals surface area contributed by atoms with Crippen molar-refractivity contribution in [3.63, 3.8) is 0 Å². The number of nitrogens with one attached hydrogen (secondary N) is 1. The molecule has 0 radical (unpaired) electrons. The van der Waals surface area contributed by atoms with E-state index in [0.717, 1.165) is 30.2 Å². The quantitative estimate of drug-likeness (QED) is 0.857. The van der Waals surface area contributed by atoms with Crippen molar-refractivity contribution in [3.8, 4) is 0 Å².